The van der Waals surface area contributed by atoms with Gasteiger partial charge in [-0.3, -0.25) is 9.89 Å². The molecule has 1 saturated heterocycles. The van der Waals surface area contributed by atoms with Crippen LogP contribution in [0.2, 0.25) is 0 Å². The van der Waals surface area contributed by atoms with Crippen LogP contribution < -0.4 is 5.73 Å². The van der Waals surface area contributed by atoms with Crippen molar-refractivity contribution in [2.45, 2.75) is 23.8 Å². The van der Waals surface area contributed by atoms with Gasteiger partial charge in [0.05, 0.1) is 23.1 Å². The smallest absolute Gasteiger partial charge is 0.262 e. The summed E-state index contributed by atoms with van der Waals surface area (Å²) in [6, 6.07) is 13.6. The van der Waals surface area contributed by atoms with E-state index in [1.807, 2.05) is 36.4 Å². The number of amides is 1. The second-order valence-corrected chi connectivity index (χ2v) is 10.2. The molecule has 1 aliphatic rings. The van der Waals surface area contributed by atoms with E-state index in [0.29, 0.717) is 37.0 Å². The van der Waals surface area contributed by atoms with Gasteiger partial charge in [-0.25, -0.2) is 13.4 Å². The summed E-state index contributed by atoms with van der Waals surface area (Å²) in [5.74, 6) is -0.468. The van der Waals surface area contributed by atoms with E-state index in [1.165, 1.54) is 16.8 Å². The molecule has 0 unspecified atom stereocenters. The third-order valence-corrected chi connectivity index (χ3v) is 7.99. The predicted octanol–water partition coefficient (Wildman–Crippen LogP) is 2.63. The third-order valence-electron chi connectivity index (χ3n) is 6.20. The Bertz CT molecular complexity index is 1430. The molecule has 1 fully saturated rings. The van der Waals surface area contributed by atoms with Gasteiger partial charge in [0.15, 0.2) is 5.03 Å². The van der Waals surface area contributed by atoms with E-state index in [2.05, 4.69) is 15.2 Å². The quantitative estimate of drug-likeness (QED) is 0.469. The molecule has 10 heteroatoms. The van der Waals surface area contributed by atoms with Gasteiger partial charge >= 0.3 is 0 Å². The van der Waals surface area contributed by atoms with E-state index in [9.17, 15) is 13.2 Å². The number of carbonyl (C=O) groups excluding carboxylic acids is 1. The molecule has 0 atom stereocenters. The highest BCUT2D eigenvalue weighted by atomic mass is 32.2. The van der Waals surface area contributed by atoms with Crippen LogP contribution in [-0.4, -0.2) is 51.5 Å². The van der Waals surface area contributed by atoms with E-state index < -0.39 is 15.9 Å². The summed E-state index contributed by atoms with van der Waals surface area (Å²) < 4.78 is 28.9. The molecule has 1 aliphatic heterocycles. The first-order valence-corrected chi connectivity index (χ1v) is 12.1. The van der Waals surface area contributed by atoms with E-state index in [4.69, 9.17) is 5.73 Å². The summed E-state index contributed by atoms with van der Waals surface area (Å²) in [6.45, 7) is 0.748. The number of carbonyl (C=O) groups is 1. The van der Waals surface area contributed by atoms with E-state index in [1.54, 1.807) is 17.7 Å². The van der Waals surface area contributed by atoms with Crippen LogP contribution in [0.5, 0.6) is 0 Å². The van der Waals surface area contributed by atoms with Crippen molar-refractivity contribution in [3.63, 3.8) is 0 Å². The van der Waals surface area contributed by atoms with Crippen LogP contribution >= 0.6 is 0 Å². The molecule has 3 heterocycles. The summed E-state index contributed by atoms with van der Waals surface area (Å²) in [5.41, 5.74) is 9.37. The van der Waals surface area contributed by atoms with E-state index >= 15 is 0 Å². The zero-order chi connectivity index (χ0) is 23.2. The summed E-state index contributed by atoms with van der Waals surface area (Å²) in [5, 5.41) is 8.42. The number of H-pyrrole nitrogens is 1. The fourth-order valence-electron chi connectivity index (χ4n) is 4.47. The number of rotatable bonds is 5. The van der Waals surface area contributed by atoms with Crippen LogP contribution in [0.4, 0.5) is 0 Å². The Kier molecular flexibility index (Phi) is 5.26. The molecule has 1 amide bonds. The van der Waals surface area contributed by atoms with Crippen LogP contribution in [0.1, 0.15) is 34.8 Å². The Hall–Kier alpha value is -3.50. The average molecular weight is 465 g/mol. The van der Waals surface area contributed by atoms with Gasteiger partial charge in [0.25, 0.3) is 15.9 Å². The molecule has 5 rings (SSSR count). The predicted molar refractivity (Wildman–Crippen MR) is 124 cm³/mol. The molecule has 0 spiro atoms. The second-order valence-electron chi connectivity index (χ2n) is 8.34. The fraction of sp³-hybridized carbons (Fsp3) is 0.261. The Balaban J connectivity index is 1.46. The number of hydrogen-bond acceptors (Lipinski definition) is 5. The number of aromatic amines is 1. The maximum Gasteiger partial charge on any atom is 0.262 e. The highest BCUT2D eigenvalue weighted by molar-refractivity contribution is 7.89. The number of nitrogens with one attached hydrogen (secondary N) is 1. The zero-order valence-electron chi connectivity index (χ0n) is 18.1. The number of sulfonamides is 1. The van der Waals surface area contributed by atoms with Crippen molar-refractivity contribution in [3.05, 3.63) is 66.2 Å². The number of imidazole rings is 1. The average Bonchev–Trinajstić information content (AvgIpc) is 3.46. The minimum atomic E-state index is -3.62. The van der Waals surface area contributed by atoms with Crippen LogP contribution in [-0.2, 0) is 17.1 Å². The van der Waals surface area contributed by atoms with Crippen LogP contribution in [0.3, 0.4) is 0 Å². The molecule has 0 saturated carbocycles. The minimum absolute atomic E-state index is 0.0562. The van der Waals surface area contributed by atoms with E-state index in [0.717, 1.165) is 22.2 Å². The van der Waals surface area contributed by atoms with Crippen LogP contribution in [0, 0.1) is 0 Å². The van der Waals surface area contributed by atoms with Gasteiger partial charge < -0.3 is 10.3 Å². The lowest BCUT2D eigenvalue weighted by atomic mass is 9.90. The van der Waals surface area contributed by atoms with Gasteiger partial charge in [-0.2, -0.15) is 9.40 Å². The summed E-state index contributed by atoms with van der Waals surface area (Å²) >= 11 is 0. The van der Waals surface area contributed by atoms with Crippen molar-refractivity contribution in [1.82, 2.24) is 24.1 Å². The monoisotopic (exact) mass is 464 g/mol. The fourth-order valence-corrected chi connectivity index (χ4v) is 5.90. The molecule has 0 bridgehead atoms. The third kappa shape index (κ3) is 3.81. The first-order chi connectivity index (χ1) is 15.8. The maximum atomic E-state index is 12.9. The lowest BCUT2D eigenvalue weighted by molar-refractivity contribution is 0.100. The van der Waals surface area contributed by atoms with Crippen LogP contribution in [0.25, 0.3) is 22.0 Å². The van der Waals surface area contributed by atoms with Gasteiger partial charge in [0.1, 0.15) is 0 Å². The number of aryl methyl sites for hydroxylation is 1. The number of nitrogens with zero attached hydrogens (tertiary/aromatic N) is 4. The number of hydrogen-bond donors (Lipinski definition) is 2. The molecule has 4 aromatic rings. The van der Waals surface area contributed by atoms with Crippen molar-refractivity contribution >= 4 is 26.8 Å². The Morgan fingerprint density at radius 3 is 2.48 bits per heavy atom. The van der Waals surface area contributed by atoms with Gasteiger partial charge in [0.2, 0.25) is 0 Å². The molecule has 2 aromatic heterocycles. The van der Waals surface area contributed by atoms with Crippen molar-refractivity contribution in [2.24, 2.45) is 12.8 Å². The second kappa shape index (κ2) is 8.13. The number of piperidine rings is 1. The summed E-state index contributed by atoms with van der Waals surface area (Å²) in [4.78, 5) is 16.2. The van der Waals surface area contributed by atoms with E-state index in [-0.39, 0.29) is 10.9 Å². The largest absolute Gasteiger partial charge is 0.366 e. The van der Waals surface area contributed by atoms with Crippen molar-refractivity contribution in [1.29, 1.82) is 0 Å². The molecule has 170 valence electrons. The maximum absolute atomic E-state index is 12.9. The topological polar surface area (TPSA) is 127 Å². The summed E-state index contributed by atoms with van der Waals surface area (Å²) in [6.07, 6.45) is 4.23. The molecule has 3 N–H and O–H groups in total. The number of aromatic nitrogens is 4. The number of nitrogens with two attached hydrogens (primary N) is 1. The first-order valence-electron chi connectivity index (χ1n) is 10.7. The minimum Gasteiger partial charge on any atom is -0.366 e. The molecular formula is C23H24N6O3S. The number of fused-ring (bicyclic) bond motifs is 1. The normalized spacial score (nSPS) is 15.8. The molecule has 33 heavy (non-hydrogen) atoms. The van der Waals surface area contributed by atoms with Crippen molar-refractivity contribution < 1.29 is 13.2 Å². The lowest BCUT2D eigenvalue weighted by Gasteiger charge is -2.30. The number of primary amides is 1. The van der Waals surface area contributed by atoms with Gasteiger partial charge in [-0.05, 0) is 36.1 Å². The lowest BCUT2D eigenvalue weighted by Crippen LogP contribution is -2.38. The zero-order valence-corrected chi connectivity index (χ0v) is 18.9. The van der Waals surface area contributed by atoms with Gasteiger partial charge in [0, 0.05) is 37.6 Å². The standard InChI is InChI=1S/C23H24N6O3S/c1-28-13-20(25-14-28)33(31,32)29-9-7-16(8-10-29)21-18-11-17(15-5-3-2-4-6-15)12-19(23(24)30)22(18)27-26-21/h2-6,11-14,16H,7-10H2,1H3,(H2,24,30)(H,26,27). The number of benzene rings is 2. The Labute approximate surface area is 191 Å². The SMILES string of the molecule is Cn1cnc(S(=O)(=O)N2CCC(c3n[nH]c4c(C(N)=O)cc(-c5ccccc5)cc34)CC2)c1. The highest BCUT2D eigenvalue weighted by Gasteiger charge is 2.33. The highest BCUT2D eigenvalue weighted by Crippen LogP contribution is 2.36. The Morgan fingerprint density at radius 1 is 1.12 bits per heavy atom. The molecule has 2 aromatic carbocycles. The molecule has 9 nitrogen and oxygen atoms in total. The van der Waals surface area contributed by atoms with Gasteiger partial charge in [-0.1, -0.05) is 30.3 Å². The molecular weight excluding hydrogens is 440 g/mol. The molecule has 0 aliphatic carbocycles. The Morgan fingerprint density at radius 2 is 1.85 bits per heavy atom. The summed E-state index contributed by atoms with van der Waals surface area (Å²) in [7, 11) is -1.88. The van der Waals surface area contributed by atoms with Crippen molar-refractivity contribution in [3.8, 4) is 11.1 Å². The van der Waals surface area contributed by atoms with Crippen LogP contribution in [0.15, 0.2) is 60.0 Å². The van der Waals surface area contributed by atoms with Crippen molar-refractivity contribution in [2.75, 3.05) is 13.1 Å². The molecule has 0 radical (unpaired) electrons. The first kappa shape index (κ1) is 21.4. The van der Waals surface area contributed by atoms with Gasteiger partial charge in [-0.15, -0.1) is 0 Å².